The van der Waals surface area contributed by atoms with E-state index in [-0.39, 0.29) is 10.0 Å². The largest absolute Gasteiger partial charge is 0.481 e. The zero-order valence-corrected chi connectivity index (χ0v) is 8.82. The Kier molecular flexibility index (Phi) is 3.35. The molecular weight excluding hydrogens is 273 g/mol. The molecule has 0 amide bonds. The van der Waals surface area contributed by atoms with Crippen LogP contribution in [-0.4, -0.2) is 16.0 Å². The molecule has 0 aromatic heterocycles. The summed E-state index contributed by atoms with van der Waals surface area (Å²) in [6.07, 6.45) is -0.401. The molecule has 0 aliphatic carbocycles. The van der Waals surface area contributed by atoms with Crippen molar-refractivity contribution in [3.8, 4) is 0 Å². The van der Waals surface area contributed by atoms with Gasteiger partial charge in [0.15, 0.2) is 0 Å². The van der Waals surface area contributed by atoms with Gasteiger partial charge in [-0.3, -0.25) is 14.9 Å². The SMILES string of the molecule is O=C(O)Cc1ccc(F)c([N+](=O)[O-])c1Br. The number of halogens is 2. The number of hydrogen-bond acceptors (Lipinski definition) is 3. The lowest BCUT2D eigenvalue weighted by molar-refractivity contribution is -0.388. The predicted octanol–water partition coefficient (Wildman–Crippen LogP) is 2.12. The summed E-state index contributed by atoms with van der Waals surface area (Å²) in [5.74, 6) is -2.14. The van der Waals surface area contributed by atoms with E-state index in [1.54, 1.807) is 0 Å². The summed E-state index contributed by atoms with van der Waals surface area (Å²) in [5, 5.41) is 19.0. The Balaban J connectivity index is 3.28. The maximum absolute atomic E-state index is 13.0. The Morgan fingerprint density at radius 3 is 2.67 bits per heavy atom. The summed E-state index contributed by atoms with van der Waals surface area (Å²) >= 11 is 2.82. The second-order valence-corrected chi connectivity index (χ2v) is 3.49. The first kappa shape index (κ1) is 11.6. The van der Waals surface area contributed by atoms with Crippen LogP contribution in [0.3, 0.4) is 0 Å². The summed E-state index contributed by atoms with van der Waals surface area (Å²) in [5.41, 5.74) is -0.579. The first-order valence-corrected chi connectivity index (χ1v) is 4.56. The fourth-order valence-electron chi connectivity index (χ4n) is 1.05. The minimum atomic E-state index is -1.14. The monoisotopic (exact) mass is 277 g/mol. The van der Waals surface area contributed by atoms with E-state index >= 15 is 0 Å². The first-order valence-electron chi connectivity index (χ1n) is 3.76. The average Bonchev–Trinajstić information content (AvgIpc) is 2.09. The van der Waals surface area contributed by atoms with Gasteiger partial charge >= 0.3 is 11.7 Å². The van der Waals surface area contributed by atoms with Crippen LogP contribution in [0.2, 0.25) is 0 Å². The number of nitro groups is 1. The molecule has 0 unspecified atom stereocenters. The van der Waals surface area contributed by atoms with Crippen LogP contribution in [-0.2, 0) is 11.2 Å². The third-order valence-electron chi connectivity index (χ3n) is 1.67. The van der Waals surface area contributed by atoms with Crippen molar-refractivity contribution in [2.45, 2.75) is 6.42 Å². The smallest absolute Gasteiger partial charge is 0.319 e. The lowest BCUT2D eigenvalue weighted by Gasteiger charge is -2.02. The fourth-order valence-corrected chi connectivity index (χ4v) is 1.66. The number of rotatable bonds is 3. The van der Waals surface area contributed by atoms with Crippen molar-refractivity contribution in [2.75, 3.05) is 0 Å². The van der Waals surface area contributed by atoms with Gasteiger partial charge in [-0.15, -0.1) is 0 Å². The number of benzene rings is 1. The zero-order valence-electron chi connectivity index (χ0n) is 7.24. The first-order chi connectivity index (χ1) is 6.93. The molecule has 0 bridgehead atoms. The molecule has 0 saturated carbocycles. The molecule has 1 aromatic carbocycles. The highest BCUT2D eigenvalue weighted by Crippen LogP contribution is 2.31. The highest BCUT2D eigenvalue weighted by molar-refractivity contribution is 9.10. The van der Waals surface area contributed by atoms with Gasteiger partial charge in [0.1, 0.15) is 4.47 Å². The molecule has 15 heavy (non-hydrogen) atoms. The van der Waals surface area contributed by atoms with E-state index in [2.05, 4.69) is 15.9 Å². The normalized spacial score (nSPS) is 10.0. The molecule has 5 nitrogen and oxygen atoms in total. The summed E-state index contributed by atoms with van der Waals surface area (Å²) < 4.78 is 12.9. The molecule has 1 N–H and O–H groups in total. The third kappa shape index (κ3) is 2.50. The molecule has 0 saturated heterocycles. The van der Waals surface area contributed by atoms with Crippen LogP contribution in [0, 0.1) is 15.9 Å². The predicted molar refractivity (Wildman–Crippen MR) is 52.1 cm³/mol. The third-order valence-corrected chi connectivity index (χ3v) is 2.56. The quantitative estimate of drug-likeness (QED) is 0.678. The molecular formula is C8H5BrFNO4. The Morgan fingerprint density at radius 1 is 1.60 bits per heavy atom. The van der Waals surface area contributed by atoms with E-state index in [4.69, 9.17) is 5.11 Å². The summed E-state index contributed by atoms with van der Waals surface area (Å²) in [6.45, 7) is 0. The van der Waals surface area contributed by atoms with Crippen LogP contribution >= 0.6 is 15.9 Å². The van der Waals surface area contributed by atoms with Crippen LogP contribution in [0.4, 0.5) is 10.1 Å². The molecule has 0 aliphatic rings. The van der Waals surface area contributed by atoms with Gasteiger partial charge in [-0.25, -0.2) is 0 Å². The summed E-state index contributed by atoms with van der Waals surface area (Å²) in [7, 11) is 0. The molecule has 80 valence electrons. The maximum Gasteiger partial charge on any atom is 0.319 e. The van der Waals surface area contributed by atoms with Crippen molar-refractivity contribution < 1.29 is 19.2 Å². The lowest BCUT2D eigenvalue weighted by atomic mass is 10.1. The van der Waals surface area contributed by atoms with E-state index in [0.29, 0.717) is 0 Å². The Hall–Kier alpha value is -1.50. The van der Waals surface area contributed by atoms with Gasteiger partial charge in [-0.1, -0.05) is 6.07 Å². The lowest BCUT2D eigenvalue weighted by Crippen LogP contribution is -2.03. The van der Waals surface area contributed by atoms with Crippen molar-refractivity contribution in [2.24, 2.45) is 0 Å². The summed E-state index contributed by atoms with van der Waals surface area (Å²) in [4.78, 5) is 20.0. The Bertz CT molecular complexity index is 435. The topological polar surface area (TPSA) is 80.4 Å². The molecule has 1 rings (SSSR count). The van der Waals surface area contributed by atoms with E-state index in [1.165, 1.54) is 6.07 Å². The van der Waals surface area contributed by atoms with Gasteiger partial charge in [-0.2, -0.15) is 4.39 Å². The van der Waals surface area contributed by atoms with Gasteiger partial charge in [0, 0.05) is 0 Å². The minimum Gasteiger partial charge on any atom is -0.481 e. The van der Waals surface area contributed by atoms with Gasteiger partial charge in [0.05, 0.1) is 11.3 Å². The zero-order chi connectivity index (χ0) is 11.6. The van der Waals surface area contributed by atoms with Crippen molar-refractivity contribution in [3.05, 3.63) is 38.1 Å². The Morgan fingerprint density at radius 2 is 2.20 bits per heavy atom. The molecule has 0 aliphatic heterocycles. The number of carboxylic acid groups (broad SMARTS) is 1. The van der Waals surface area contributed by atoms with Crippen LogP contribution in [0.15, 0.2) is 16.6 Å². The van der Waals surface area contributed by atoms with Gasteiger partial charge in [-0.05, 0) is 27.6 Å². The van der Waals surface area contributed by atoms with Crippen molar-refractivity contribution in [1.82, 2.24) is 0 Å². The van der Waals surface area contributed by atoms with E-state index in [9.17, 15) is 19.3 Å². The second kappa shape index (κ2) is 4.35. The highest BCUT2D eigenvalue weighted by atomic mass is 79.9. The van der Waals surface area contributed by atoms with Gasteiger partial charge < -0.3 is 5.11 Å². The Labute approximate surface area is 91.8 Å². The van der Waals surface area contributed by atoms with Crippen LogP contribution < -0.4 is 0 Å². The van der Waals surface area contributed by atoms with Crippen molar-refractivity contribution in [3.63, 3.8) is 0 Å². The van der Waals surface area contributed by atoms with Crippen LogP contribution in [0.1, 0.15) is 5.56 Å². The fraction of sp³-hybridized carbons (Fsp3) is 0.125. The molecule has 0 atom stereocenters. The van der Waals surface area contributed by atoms with Crippen LogP contribution in [0.25, 0.3) is 0 Å². The van der Waals surface area contributed by atoms with E-state index < -0.39 is 28.8 Å². The van der Waals surface area contributed by atoms with E-state index in [0.717, 1.165) is 6.07 Å². The van der Waals surface area contributed by atoms with E-state index in [1.807, 2.05) is 0 Å². The molecule has 0 fully saturated rings. The number of carboxylic acids is 1. The number of carbonyl (C=O) groups is 1. The van der Waals surface area contributed by atoms with Crippen LogP contribution in [0.5, 0.6) is 0 Å². The highest BCUT2D eigenvalue weighted by Gasteiger charge is 2.22. The molecule has 0 heterocycles. The second-order valence-electron chi connectivity index (χ2n) is 2.70. The van der Waals surface area contributed by atoms with Crippen molar-refractivity contribution in [1.29, 1.82) is 0 Å². The number of aliphatic carboxylic acids is 1. The molecule has 7 heteroatoms. The van der Waals surface area contributed by atoms with Gasteiger partial charge in [0.25, 0.3) is 0 Å². The summed E-state index contributed by atoms with van der Waals surface area (Å²) in [6, 6.07) is 2.07. The minimum absolute atomic E-state index is 0.130. The van der Waals surface area contributed by atoms with Gasteiger partial charge in [0.2, 0.25) is 5.82 Å². The standard InChI is InChI=1S/C8H5BrFNO4/c9-7-4(3-6(12)13)1-2-5(10)8(7)11(14)15/h1-2H,3H2,(H,12,13). The number of nitro benzene ring substituents is 1. The molecule has 1 aromatic rings. The molecule has 0 radical (unpaired) electrons. The number of hydrogen-bond donors (Lipinski definition) is 1. The number of nitrogens with zero attached hydrogens (tertiary/aromatic N) is 1. The molecule has 0 spiro atoms. The van der Waals surface area contributed by atoms with Crippen molar-refractivity contribution >= 4 is 27.6 Å². The average molecular weight is 278 g/mol. The maximum atomic E-state index is 13.0.